The summed E-state index contributed by atoms with van der Waals surface area (Å²) in [6.07, 6.45) is -4.37. The molecule has 0 aromatic heterocycles. The van der Waals surface area contributed by atoms with Gasteiger partial charge in [0.2, 0.25) is 5.91 Å². The number of amides is 1. The lowest BCUT2D eigenvalue weighted by molar-refractivity contribution is -0.185. The second-order valence-electron chi connectivity index (χ2n) is 4.38. The Hall–Kier alpha value is -0.740. The molecule has 0 rings (SSSR count). The molecule has 0 saturated heterocycles. The Kier molecular flexibility index (Phi) is 3.59. The monoisotopic (exact) mass is 211 g/mol. The quantitative estimate of drug-likeness (QED) is 0.652. The van der Waals surface area contributed by atoms with Crippen molar-refractivity contribution in [1.29, 1.82) is 0 Å². The summed E-state index contributed by atoms with van der Waals surface area (Å²) < 4.78 is 36.8. The van der Waals surface area contributed by atoms with E-state index in [9.17, 15) is 18.0 Å². The van der Waals surface area contributed by atoms with Gasteiger partial charge in [0, 0.05) is 12.5 Å². The molecule has 0 fully saturated rings. The van der Waals surface area contributed by atoms with E-state index in [-0.39, 0.29) is 0 Å². The first-order chi connectivity index (χ1) is 5.98. The van der Waals surface area contributed by atoms with Gasteiger partial charge in [0.1, 0.15) is 6.04 Å². The zero-order valence-electron chi connectivity index (χ0n) is 9.07. The van der Waals surface area contributed by atoms with E-state index in [1.165, 1.54) is 7.05 Å². The largest absolute Gasteiger partial charge is 0.408 e. The summed E-state index contributed by atoms with van der Waals surface area (Å²) in [4.78, 5) is 12.2. The van der Waals surface area contributed by atoms with Crippen LogP contribution in [-0.4, -0.2) is 30.1 Å². The van der Waals surface area contributed by atoms with Gasteiger partial charge in [0.05, 0.1) is 0 Å². The fraction of sp³-hybridized carbons (Fsp3) is 0.889. The maximum absolute atomic E-state index is 12.3. The molecule has 0 aromatic rings. The third-order valence-electron chi connectivity index (χ3n) is 2.02. The highest BCUT2D eigenvalue weighted by Crippen LogP contribution is 2.26. The predicted molar refractivity (Wildman–Crippen MR) is 47.7 cm³/mol. The van der Waals surface area contributed by atoms with E-state index < -0.39 is 23.5 Å². The van der Waals surface area contributed by atoms with Gasteiger partial charge in [0.25, 0.3) is 0 Å². The van der Waals surface area contributed by atoms with Crippen LogP contribution in [0.5, 0.6) is 0 Å². The summed E-state index contributed by atoms with van der Waals surface area (Å²) in [7, 11) is 1.17. The maximum atomic E-state index is 12.3. The van der Waals surface area contributed by atoms with Gasteiger partial charge in [-0.25, -0.2) is 0 Å². The summed E-state index contributed by atoms with van der Waals surface area (Å²) in [6, 6.07) is -1.74. The van der Waals surface area contributed by atoms with Gasteiger partial charge in [-0.3, -0.25) is 4.79 Å². The number of alkyl halides is 3. The third-order valence-corrected chi connectivity index (χ3v) is 2.02. The van der Waals surface area contributed by atoms with Crippen LogP contribution in [0.4, 0.5) is 13.2 Å². The molecule has 5 heteroatoms. The fourth-order valence-electron chi connectivity index (χ4n) is 0.925. The molecule has 0 aliphatic rings. The van der Waals surface area contributed by atoms with E-state index in [1.807, 2.05) is 0 Å². The average molecular weight is 211 g/mol. The van der Waals surface area contributed by atoms with Crippen molar-refractivity contribution in [3.63, 3.8) is 0 Å². The van der Waals surface area contributed by atoms with Crippen molar-refractivity contribution in [3.8, 4) is 0 Å². The van der Waals surface area contributed by atoms with Crippen LogP contribution in [0.3, 0.4) is 0 Å². The minimum atomic E-state index is -4.37. The number of halogens is 3. The van der Waals surface area contributed by atoms with E-state index in [1.54, 1.807) is 20.8 Å². The SMILES string of the molecule is CC(N(C)C(=O)C(C)(C)C)C(F)(F)F. The van der Waals surface area contributed by atoms with E-state index in [0.717, 1.165) is 11.8 Å². The second kappa shape index (κ2) is 3.79. The summed E-state index contributed by atoms with van der Waals surface area (Å²) >= 11 is 0. The number of rotatable bonds is 1. The van der Waals surface area contributed by atoms with E-state index in [2.05, 4.69) is 0 Å². The van der Waals surface area contributed by atoms with Crippen molar-refractivity contribution in [2.45, 2.75) is 39.9 Å². The normalized spacial score (nSPS) is 15.1. The Morgan fingerprint density at radius 2 is 1.57 bits per heavy atom. The Balaban J connectivity index is 4.65. The second-order valence-corrected chi connectivity index (χ2v) is 4.38. The Morgan fingerprint density at radius 3 is 1.79 bits per heavy atom. The molecule has 0 bridgehead atoms. The molecule has 1 amide bonds. The molecule has 2 nitrogen and oxygen atoms in total. The molecule has 0 spiro atoms. The fourth-order valence-corrected chi connectivity index (χ4v) is 0.925. The van der Waals surface area contributed by atoms with Gasteiger partial charge in [-0.2, -0.15) is 13.2 Å². The summed E-state index contributed by atoms with van der Waals surface area (Å²) in [5, 5.41) is 0. The van der Waals surface area contributed by atoms with E-state index in [0.29, 0.717) is 0 Å². The number of carbonyl (C=O) groups excluding carboxylic acids is 1. The molecule has 1 unspecified atom stereocenters. The first kappa shape index (κ1) is 13.3. The number of hydrogen-bond donors (Lipinski definition) is 0. The lowest BCUT2D eigenvalue weighted by Crippen LogP contribution is -2.48. The van der Waals surface area contributed by atoms with Gasteiger partial charge in [-0.1, -0.05) is 20.8 Å². The highest BCUT2D eigenvalue weighted by molar-refractivity contribution is 5.81. The first-order valence-electron chi connectivity index (χ1n) is 4.32. The lowest BCUT2D eigenvalue weighted by Gasteiger charge is -2.31. The van der Waals surface area contributed by atoms with Gasteiger partial charge in [-0.05, 0) is 6.92 Å². The smallest absolute Gasteiger partial charge is 0.333 e. The van der Waals surface area contributed by atoms with E-state index in [4.69, 9.17) is 0 Å². The minimum absolute atomic E-state index is 0.512. The summed E-state index contributed by atoms with van der Waals surface area (Å²) in [5.41, 5.74) is -0.783. The zero-order valence-corrected chi connectivity index (χ0v) is 9.07. The molecule has 0 aromatic carbocycles. The van der Waals surface area contributed by atoms with Crippen LogP contribution in [0.25, 0.3) is 0 Å². The minimum Gasteiger partial charge on any atom is -0.333 e. The van der Waals surface area contributed by atoms with Crippen LogP contribution < -0.4 is 0 Å². The van der Waals surface area contributed by atoms with Crippen molar-refractivity contribution in [3.05, 3.63) is 0 Å². The first-order valence-corrected chi connectivity index (χ1v) is 4.32. The van der Waals surface area contributed by atoms with Gasteiger partial charge in [-0.15, -0.1) is 0 Å². The molecule has 0 N–H and O–H groups in total. The van der Waals surface area contributed by atoms with Crippen molar-refractivity contribution in [1.82, 2.24) is 4.90 Å². The van der Waals surface area contributed by atoms with Crippen LogP contribution in [0.1, 0.15) is 27.7 Å². The highest BCUT2D eigenvalue weighted by Gasteiger charge is 2.42. The van der Waals surface area contributed by atoms with Gasteiger partial charge in [0.15, 0.2) is 0 Å². The zero-order chi connectivity index (χ0) is 11.7. The molecule has 14 heavy (non-hydrogen) atoms. The highest BCUT2D eigenvalue weighted by atomic mass is 19.4. The Morgan fingerprint density at radius 1 is 1.21 bits per heavy atom. The third kappa shape index (κ3) is 3.20. The summed E-state index contributed by atoms with van der Waals surface area (Å²) in [5.74, 6) is -0.512. The molecule has 0 heterocycles. The topological polar surface area (TPSA) is 20.3 Å². The average Bonchev–Trinajstić information content (AvgIpc) is 1.97. The molecule has 84 valence electrons. The van der Waals surface area contributed by atoms with Crippen LogP contribution in [0, 0.1) is 5.41 Å². The molecule has 0 aliphatic heterocycles. The Labute approximate surface area is 82.1 Å². The molecule has 0 radical (unpaired) electrons. The maximum Gasteiger partial charge on any atom is 0.408 e. The predicted octanol–water partition coefficient (Wildman–Crippen LogP) is 2.44. The summed E-state index contributed by atoms with van der Waals surface area (Å²) in [6.45, 7) is 5.75. The molecular weight excluding hydrogens is 195 g/mol. The van der Waals surface area contributed by atoms with Crippen LogP contribution >= 0.6 is 0 Å². The number of hydrogen-bond acceptors (Lipinski definition) is 1. The molecular formula is C9H16F3NO. The van der Waals surface area contributed by atoms with Crippen molar-refractivity contribution < 1.29 is 18.0 Å². The van der Waals surface area contributed by atoms with E-state index >= 15 is 0 Å². The lowest BCUT2D eigenvalue weighted by atomic mass is 9.94. The molecule has 0 aliphatic carbocycles. The van der Waals surface area contributed by atoms with Crippen LogP contribution in [0.15, 0.2) is 0 Å². The Bertz CT molecular complexity index is 217. The van der Waals surface area contributed by atoms with Crippen molar-refractivity contribution in [2.24, 2.45) is 5.41 Å². The number of carbonyl (C=O) groups is 1. The van der Waals surface area contributed by atoms with Crippen LogP contribution in [0.2, 0.25) is 0 Å². The van der Waals surface area contributed by atoms with Gasteiger partial charge >= 0.3 is 6.18 Å². The molecule has 0 saturated carbocycles. The van der Waals surface area contributed by atoms with Gasteiger partial charge < -0.3 is 4.90 Å². The standard InChI is InChI=1S/C9H16F3NO/c1-6(9(10,11)12)13(5)7(14)8(2,3)4/h6H,1-5H3. The number of nitrogens with zero attached hydrogens (tertiary/aromatic N) is 1. The van der Waals surface area contributed by atoms with Crippen molar-refractivity contribution in [2.75, 3.05) is 7.05 Å². The van der Waals surface area contributed by atoms with Crippen molar-refractivity contribution >= 4 is 5.91 Å². The van der Waals surface area contributed by atoms with Crippen LogP contribution in [-0.2, 0) is 4.79 Å². The molecule has 1 atom stereocenters.